The zero-order chi connectivity index (χ0) is 30.0. The molecule has 5 rings (SSSR count). The van der Waals surface area contributed by atoms with Gasteiger partial charge in [-0.25, -0.2) is 9.37 Å². The number of ether oxygens (including phenoxy) is 3. The van der Waals surface area contributed by atoms with Crippen molar-refractivity contribution in [3.63, 3.8) is 0 Å². The number of carbonyl (C=O) groups excluding carboxylic acids is 1. The van der Waals surface area contributed by atoms with Gasteiger partial charge in [-0.1, -0.05) is 24.3 Å². The van der Waals surface area contributed by atoms with Crippen molar-refractivity contribution in [1.82, 2.24) is 14.5 Å². The van der Waals surface area contributed by atoms with E-state index in [4.69, 9.17) is 14.2 Å². The highest BCUT2D eigenvalue weighted by molar-refractivity contribution is 5.98. The minimum absolute atomic E-state index is 0.0335. The van der Waals surface area contributed by atoms with Crippen LogP contribution in [0, 0.1) is 12.7 Å². The van der Waals surface area contributed by atoms with E-state index in [1.807, 2.05) is 0 Å². The Morgan fingerprint density at radius 1 is 0.976 bits per heavy atom. The topological polar surface area (TPSA) is 92.5 Å². The van der Waals surface area contributed by atoms with Gasteiger partial charge in [0, 0.05) is 42.2 Å². The number of hydrogen-bond donors (Lipinski definition) is 0. The summed E-state index contributed by atoms with van der Waals surface area (Å²) in [5.41, 5.74) is 0.526. The zero-order valence-corrected chi connectivity index (χ0v) is 22.7. The molecule has 11 heteroatoms. The van der Waals surface area contributed by atoms with E-state index in [1.165, 1.54) is 33.3 Å². The second-order valence-corrected chi connectivity index (χ2v) is 9.25. The molecule has 0 amide bonds. The van der Waals surface area contributed by atoms with Crippen LogP contribution < -0.4 is 19.6 Å². The van der Waals surface area contributed by atoms with Crippen LogP contribution in [0.4, 0.5) is 13.2 Å². The van der Waals surface area contributed by atoms with Crippen LogP contribution in [-0.4, -0.2) is 34.5 Å². The first-order valence-electron chi connectivity index (χ1n) is 12.7. The molecule has 214 valence electrons. The summed E-state index contributed by atoms with van der Waals surface area (Å²) >= 11 is 0. The molecule has 0 aliphatic heterocycles. The highest BCUT2D eigenvalue weighted by atomic mass is 19.3. The molecule has 0 unspecified atom stereocenters. The molecule has 2 aromatic carbocycles. The van der Waals surface area contributed by atoms with E-state index in [-0.39, 0.29) is 34.7 Å². The quantitative estimate of drug-likeness (QED) is 0.184. The van der Waals surface area contributed by atoms with Crippen LogP contribution in [0.25, 0.3) is 22.2 Å². The summed E-state index contributed by atoms with van der Waals surface area (Å²) in [5.74, 6) is 0.341. The second-order valence-electron chi connectivity index (χ2n) is 9.25. The second kappa shape index (κ2) is 11.7. The van der Waals surface area contributed by atoms with E-state index in [1.54, 1.807) is 42.6 Å². The summed E-state index contributed by atoms with van der Waals surface area (Å²) in [4.78, 5) is 35.2. The molecule has 3 aromatic heterocycles. The number of Topliss-reactive ketones (excluding diaryl/α,β-unsaturated/α-hetero) is 1. The monoisotopic (exact) mass is 575 g/mol. The van der Waals surface area contributed by atoms with Crippen molar-refractivity contribution in [3.05, 3.63) is 106 Å². The van der Waals surface area contributed by atoms with Crippen molar-refractivity contribution in [3.8, 4) is 34.3 Å². The summed E-state index contributed by atoms with van der Waals surface area (Å²) < 4.78 is 58.3. The van der Waals surface area contributed by atoms with E-state index >= 15 is 0 Å². The number of methoxy groups -OCH3 is 2. The van der Waals surface area contributed by atoms with Crippen LogP contribution in [0.1, 0.15) is 28.2 Å². The van der Waals surface area contributed by atoms with Crippen molar-refractivity contribution >= 4 is 16.8 Å². The molecule has 0 fully saturated rings. The Kier molecular flexibility index (Phi) is 7.92. The van der Waals surface area contributed by atoms with Gasteiger partial charge in [-0.3, -0.25) is 19.1 Å². The molecule has 0 atom stereocenters. The predicted molar refractivity (Wildman–Crippen MR) is 149 cm³/mol. The number of halogens is 3. The largest absolute Gasteiger partial charge is 0.491 e. The minimum Gasteiger partial charge on any atom is -0.491 e. The Balaban J connectivity index is 1.41. The van der Waals surface area contributed by atoms with Crippen LogP contribution in [-0.2, 0) is 6.42 Å². The van der Waals surface area contributed by atoms with Gasteiger partial charge in [0.2, 0.25) is 0 Å². The van der Waals surface area contributed by atoms with E-state index in [0.717, 1.165) is 18.3 Å². The molecular weight excluding hydrogens is 551 g/mol. The van der Waals surface area contributed by atoms with Gasteiger partial charge in [-0.05, 0) is 42.3 Å². The number of rotatable bonds is 9. The zero-order valence-electron chi connectivity index (χ0n) is 22.7. The van der Waals surface area contributed by atoms with Gasteiger partial charge in [0.1, 0.15) is 17.1 Å². The third-order valence-electron chi connectivity index (χ3n) is 6.67. The maximum Gasteiger partial charge on any atom is 0.318 e. The highest BCUT2D eigenvalue weighted by Crippen LogP contribution is 2.34. The van der Waals surface area contributed by atoms with Crippen molar-refractivity contribution < 1.29 is 32.2 Å². The number of alkyl halides is 2. The van der Waals surface area contributed by atoms with Gasteiger partial charge in [0.05, 0.1) is 25.3 Å². The third-order valence-corrected chi connectivity index (χ3v) is 6.67. The average molecular weight is 576 g/mol. The fourth-order valence-electron chi connectivity index (χ4n) is 4.55. The van der Waals surface area contributed by atoms with E-state index in [2.05, 4.69) is 9.97 Å². The van der Waals surface area contributed by atoms with Gasteiger partial charge in [0.25, 0.3) is 5.88 Å². The average Bonchev–Trinajstić information content (AvgIpc) is 2.98. The summed E-state index contributed by atoms with van der Waals surface area (Å²) in [6.45, 7) is -1.64. The molecule has 0 spiro atoms. The summed E-state index contributed by atoms with van der Waals surface area (Å²) in [5, 5.41) is 0. The van der Waals surface area contributed by atoms with Gasteiger partial charge in [-0.15, -0.1) is 0 Å². The molecule has 0 saturated heterocycles. The Bertz CT molecular complexity index is 1840. The molecule has 0 aliphatic rings. The number of fused-ring (bicyclic) bond motifs is 1. The van der Waals surface area contributed by atoms with Crippen LogP contribution in [0.5, 0.6) is 23.1 Å². The highest BCUT2D eigenvalue weighted by Gasteiger charge is 2.22. The molecule has 0 saturated carbocycles. The lowest BCUT2D eigenvalue weighted by Crippen LogP contribution is -2.24. The Hall–Kier alpha value is -5.19. The van der Waals surface area contributed by atoms with Gasteiger partial charge < -0.3 is 14.2 Å². The summed E-state index contributed by atoms with van der Waals surface area (Å²) in [7, 11) is 2.96. The SMILES string of the molecule is COc1cc2nccc(Oc3ccc(CC(=O)c4cn(C(F)F)c(C)c(-c5ccc(F)cc5)c4=O)cc3)c2nc1OC. The number of benzene rings is 2. The molecule has 0 N–H and O–H groups in total. The molecular formula is C31H24F3N3O5. The van der Waals surface area contributed by atoms with E-state index in [9.17, 15) is 22.8 Å². The molecule has 0 bridgehead atoms. The Labute approximate surface area is 238 Å². The number of aromatic nitrogens is 3. The van der Waals surface area contributed by atoms with Crippen molar-refractivity contribution in [2.75, 3.05) is 14.2 Å². The van der Waals surface area contributed by atoms with E-state index < -0.39 is 23.6 Å². The maximum absolute atomic E-state index is 13.8. The fraction of sp³-hybridized carbons (Fsp3) is 0.161. The van der Waals surface area contributed by atoms with Gasteiger partial charge in [-0.2, -0.15) is 8.78 Å². The maximum atomic E-state index is 13.8. The number of nitrogens with zero attached hydrogens (tertiary/aromatic N) is 3. The Morgan fingerprint density at radius 2 is 1.69 bits per heavy atom. The van der Waals surface area contributed by atoms with Crippen LogP contribution >= 0.6 is 0 Å². The smallest absolute Gasteiger partial charge is 0.318 e. The molecule has 42 heavy (non-hydrogen) atoms. The first kappa shape index (κ1) is 28.3. The number of pyridine rings is 3. The lowest BCUT2D eigenvalue weighted by atomic mass is 9.97. The normalized spacial score (nSPS) is 11.1. The predicted octanol–water partition coefficient (Wildman–Crippen LogP) is 6.54. The van der Waals surface area contributed by atoms with Crippen LogP contribution in [0.2, 0.25) is 0 Å². The van der Waals surface area contributed by atoms with Crippen molar-refractivity contribution in [2.45, 2.75) is 19.9 Å². The molecule has 5 aromatic rings. The standard InChI is InChI=1S/C31H24F3N3O5/c1-17-27(19-6-8-20(32)9-7-19)29(39)22(16-37(17)31(33)34)24(38)14-18-4-10-21(11-5-18)42-25-12-13-35-23-15-26(40-2)30(41-3)36-28(23)25/h4-13,15-16,31H,14H2,1-3H3. The molecule has 3 heterocycles. The lowest BCUT2D eigenvalue weighted by Gasteiger charge is -2.16. The minimum atomic E-state index is -2.99. The van der Waals surface area contributed by atoms with Gasteiger partial charge in [0.15, 0.2) is 22.7 Å². The summed E-state index contributed by atoms with van der Waals surface area (Å²) in [6.07, 6.45) is 2.22. The summed E-state index contributed by atoms with van der Waals surface area (Å²) in [6, 6.07) is 14.7. The first-order chi connectivity index (χ1) is 20.2. The van der Waals surface area contributed by atoms with E-state index in [0.29, 0.717) is 38.4 Å². The van der Waals surface area contributed by atoms with Crippen LogP contribution in [0.15, 0.2) is 77.9 Å². The fourth-order valence-corrected chi connectivity index (χ4v) is 4.55. The number of ketones is 1. The van der Waals surface area contributed by atoms with Crippen LogP contribution in [0.3, 0.4) is 0 Å². The molecule has 0 aliphatic carbocycles. The third kappa shape index (κ3) is 5.53. The lowest BCUT2D eigenvalue weighted by molar-refractivity contribution is 0.0672. The molecule has 0 radical (unpaired) electrons. The number of hydrogen-bond acceptors (Lipinski definition) is 7. The van der Waals surface area contributed by atoms with Gasteiger partial charge >= 0.3 is 6.55 Å². The Morgan fingerprint density at radius 3 is 2.33 bits per heavy atom. The first-order valence-corrected chi connectivity index (χ1v) is 12.7. The van der Waals surface area contributed by atoms with Crippen molar-refractivity contribution in [2.24, 2.45) is 0 Å². The van der Waals surface area contributed by atoms with Crippen molar-refractivity contribution in [1.29, 1.82) is 0 Å². The molecule has 8 nitrogen and oxygen atoms in total. The number of carbonyl (C=O) groups is 1.